The molecule has 0 radical (unpaired) electrons. The van der Waals surface area contributed by atoms with Crippen molar-refractivity contribution in [3.8, 4) is 11.4 Å². The van der Waals surface area contributed by atoms with E-state index in [-0.39, 0.29) is 0 Å². The third-order valence-corrected chi connectivity index (χ3v) is 3.68. The van der Waals surface area contributed by atoms with Gasteiger partial charge in [0.1, 0.15) is 0 Å². The van der Waals surface area contributed by atoms with Crippen LogP contribution in [0.15, 0.2) is 41.1 Å². The number of hydrogen-bond donors (Lipinski definition) is 1. The van der Waals surface area contributed by atoms with Crippen LogP contribution in [-0.2, 0) is 6.54 Å². The highest BCUT2D eigenvalue weighted by molar-refractivity contribution is 9.10. The van der Waals surface area contributed by atoms with Gasteiger partial charge in [-0.1, -0.05) is 34.1 Å². The molecule has 92 valence electrons. The number of benzene rings is 1. The van der Waals surface area contributed by atoms with Crippen LogP contribution in [0.4, 0.5) is 0 Å². The van der Waals surface area contributed by atoms with E-state index < -0.39 is 0 Å². The Balaban J connectivity index is 1.75. The Morgan fingerprint density at radius 3 is 2.56 bits per heavy atom. The second kappa shape index (κ2) is 5.16. The van der Waals surface area contributed by atoms with Crippen LogP contribution in [0.2, 0.25) is 0 Å². The zero-order valence-electron chi connectivity index (χ0n) is 9.94. The first-order valence-corrected chi connectivity index (χ1v) is 6.91. The Bertz CT molecular complexity index is 535. The summed E-state index contributed by atoms with van der Waals surface area (Å²) < 4.78 is 1.02. The Morgan fingerprint density at radius 2 is 1.89 bits per heavy atom. The summed E-state index contributed by atoms with van der Waals surface area (Å²) in [6.45, 7) is 0.862. The van der Waals surface area contributed by atoms with Gasteiger partial charge in [0.15, 0.2) is 5.82 Å². The SMILES string of the molecule is Brc1ccccc1-c1ncc(CNC2CC2)cn1. The molecule has 1 aromatic heterocycles. The van der Waals surface area contributed by atoms with Gasteiger partial charge in [0, 0.05) is 40.6 Å². The smallest absolute Gasteiger partial charge is 0.160 e. The molecule has 1 N–H and O–H groups in total. The Morgan fingerprint density at radius 1 is 1.17 bits per heavy atom. The molecule has 0 bridgehead atoms. The van der Waals surface area contributed by atoms with Gasteiger partial charge in [-0.3, -0.25) is 0 Å². The molecular formula is C14H14BrN3. The Labute approximate surface area is 115 Å². The third-order valence-electron chi connectivity index (χ3n) is 2.99. The van der Waals surface area contributed by atoms with E-state index in [0.29, 0.717) is 6.04 Å². The second-order valence-corrected chi connectivity index (χ2v) is 5.40. The fourth-order valence-corrected chi connectivity index (χ4v) is 2.24. The third kappa shape index (κ3) is 2.76. The van der Waals surface area contributed by atoms with Crippen LogP contribution in [0.25, 0.3) is 11.4 Å². The molecular weight excluding hydrogens is 290 g/mol. The van der Waals surface area contributed by atoms with Crippen molar-refractivity contribution >= 4 is 15.9 Å². The van der Waals surface area contributed by atoms with E-state index in [9.17, 15) is 0 Å². The first kappa shape index (κ1) is 11.8. The minimum atomic E-state index is 0.716. The van der Waals surface area contributed by atoms with Crippen LogP contribution < -0.4 is 5.32 Å². The van der Waals surface area contributed by atoms with Crippen molar-refractivity contribution in [3.63, 3.8) is 0 Å². The van der Waals surface area contributed by atoms with Crippen LogP contribution in [0, 0.1) is 0 Å². The Kier molecular flexibility index (Phi) is 3.39. The predicted octanol–water partition coefficient (Wildman–Crippen LogP) is 3.16. The lowest BCUT2D eigenvalue weighted by Gasteiger charge is -2.05. The van der Waals surface area contributed by atoms with Gasteiger partial charge in [-0.15, -0.1) is 0 Å². The first-order valence-electron chi connectivity index (χ1n) is 6.12. The summed E-state index contributed by atoms with van der Waals surface area (Å²) in [7, 11) is 0. The highest BCUT2D eigenvalue weighted by Gasteiger charge is 2.19. The first-order chi connectivity index (χ1) is 8.83. The van der Waals surface area contributed by atoms with E-state index in [2.05, 4.69) is 31.2 Å². The van der Waals surface area contributed by atoms with Crippen molar-refractivity contribution < 1.29 is 0 Å². The number of rotatable bonds is 4. The van der Waals surface area contributed by atoms with Gasteiger partial charge in [-0.05, 0) is 18.9 Å². The van der Waals surface area contributed by atoms with E-state index in [1.807, 2.05) is 36.7 Å². The molecule has 1 heterocycles. The summed E-state index contributed by atoms with van der Waals surface area (Å²) in [6.07, 6.45) is 6.40. The van der Waals surface area contributed by atoms with Gasteiger partial charge >= 0.3 is 0 Å². The number of aromatic nitrogens is 2. The van der Waals surface area contributed by atoms with E-state index in [1.54, 1.807) is 0 Å². The molecule has 3 nitrogen and oxygen atoms in total. The molecule has 1 aromatic carbocycles. The number of nitrogens with one attached hydrogen (secondary N) is 1. The highest BCUT2D eigenvalue weighted by atomic mass is 79.9. The standard InChI is InChI=1S/C14H14BrN3/c15-13-4-2-1-3-12(13)14-17-8-10(9-18-14)7-16-11-5-6-11/h1-4,8-9,11,16H,5-7H2. The van der Waals surface area contributed by atoms with Crippen LogP contribution in [-0.4, -0.2) is 16.0 Å². The lowest BCUT2D eigenvalue weighted by Crippen LogP contribution is -2.15. The van der Waals surface area contributed by atoms with Crippen LogP contribution in [0.1, 0.15) is 18.4 Å². The average Bonchev–Trinajstić information content (AvgIpc) is 3.22. The molecule has 0 aliphatic heterocycles. The summed E-state index contributed by atoms with van der Waals surface area (Å²) in [4.78, 5) is 8.85. The molecule has 0 amide bonds. The van der Waals surface area contributed by atoms with Crippen molar-refractivity contribution in [1.29, 1.82) is 0 Å². The lowest BCUT2D eigenvalue weighted by atomic mass is 10.2. The molecule has 0 unspecified atom stereocenters. The molecule has 1 saturated carbocycles. The molecule has 1 aliphatic carbocycles. The summed E-state index contributed by atoms with van der Waals surface area (Å²) in [6, 6.07) is 8.71. The maximum atomic E-state index is 4.43. The van der Waals surface area contributed by atoms with Crippen molar-refractivity contribution in [2.75, 3.05) is 0 Å². The normalized spacial score (nSPS) is 14.7. The van der Waals surface area contributed by atoms with Crippen LogP contribution >= 0.6 is 15.9 Å². The molecule has 0 atom stereocenters. The topological polar surface area (TPSA) is 37.8 Å². The molecule has 0 spiro atoms. The van der Waals surface area contributed by atoms with Crippen molar-refractivity contribution in [2.45, 2.75) is 25.4 Å². The highest BCUT2D eigenvalue weighted by Crippen LogP contribution is 2.24. The average molecular weight is 304 g/mol. The molecule has 3 rings (SSSR count). The molecule has 18 heavy (non-hydrogen) atoms. The van der Waals surface area contributed by atoms with Gasteiger partial charge in [-0.25, -0.2) is 9.97 Å². The van der Waals surface area contributed by atoms with Crippen molar-refractivity contribution in [1.82, 2.24) is 15.3 Å². The second-order valence-electron chi connectivity index (χ2n) is 4.55. The summed E-state index contributed by atoms with van der Waals surface area (Å²) in [5, 5.41) is 3.45. The summed E-state index contributed by atoms with van der Waals surface area (Å²) in [5.74, 6) is 0.762. The monoisotopic (exact) mass is 303 g/mol. The summed E-state index contributed by atoms with van der Waals surface area (Å²) in [5.41, 5.74) is 2.16. The minimum Gasteiger partial charge on any atom is -0.310 e. The molecule has 1 aliphatic rings. The van der Waals surface area contributed by atoms with Gasteiger partial charge < -0.3 is 5.32 Å². The van der Waals surface area contributed by atoms with E-state index in [4.69, 9.17) is 0 Å². The van der Waals surface area contributed by atoms with Gasteiger partial charge in [0.25, 0.3) is 0 Å². The lowest BCUT2D eigenvalue weighted by molar-refractivity contribution is 0.683. The largest absolute Gasteiger partial charge is 0.310 e. The van der Waals surface area contributed by atoms with Crippen LogP contribution in [0.5, 0.6) is 0 Å². The number of nitrogens with zero attached hydrogens (tertiary/aromatic N) is 2. The number of halogens is 1. The zero-order valence-corrected chi connectivity index (χ0v) is 11.5. The molecule has 4 heteroatoms. The van der Waals surface area contributed by atoms with Crippen molar-refractivity contribution in [2.24, 2.45) is 0 Å². The number of hydrogen-bond acceptors (Lipinski definition) is 3. The van der Waals surface area contributed by atoms with E-state index in [1.165, 1.54) is 12.8 Å². The summed E-state index contributed by atoms with van der Waals surface area (Å²) >= 11 is 3.52. The van der Waals surface area contributed by atoms with Gasteiger partial charge in [0.2, 0.25) is 0 Å². The maximum absolute atomic E-state index is 4.43. The van der Waals surface area contributed by atoms with Gasteiger partial charge in [-0.2, -0.15) is 0 Å². The minimum absolute atomic E-state index is 0.716. The van der Waals surface area contributed by atoms with Crippen LogP contribution in [0.3, 0.4) is 0 Å². The van der Waals surface area contributed by atoms with E-state index >= 15 is 0 Å². The van der Waals surface area contributed by atoms with Crippen molar-refractivity contribution in [3.05, 3.63) is 46.7 Å². The molecule has 0 saturated heterocycles. The fraction of sp³-hybridized carbons (Fsp3) is 0.286. The maximum Gasteiger partial charge on any atom is 0.160 e. The molecule has 1 fully saturated rings. The quantitative estimate of drug-likeness (QED) is 0.943. The van der Waals surface area contributed by atoms with Gasteiger partial charge in [0.05, 0.1) is 0 Å². The Hall–Kier alpha value is -1.26. The predicted molar refractivity (Wildman–Crippen MR) is 75.0 cm³/mol. The molecule has 2 aromatic rings. The van der Waals surface area contributed by atoms with E-state index in [0.717, 1.165) is 28.0 Å². The fourth-order valence-electron chi connectivity index (χ4n) is 1.78. The zero-order chi connectivity index (χ0) is 12.4.